The third kappa shape index (κ3) is 7.65. The first kappa shape index (κ1) is 25.9. The number of hydrogen-bond acceptors (Lipinski definition) is 4. The van der Waals surface area contributed by atoms with E-state index in [1.807, 2.05) is 42.6 Å². The SMILES string of the molecule is CCCCNC(=O)c1ccc(CN=C(NCC)N2CCN(c3ccccn3)CC2)cc1.I. The Labute approximate surface area is 208 Å². The fourth-order valence-electron chi connectivity index (χ4n) is 3.52. The number of pyridine rings is 1. The number of amides is 1. The maximum Gasteiger partial charge on any atom is 0.251 e. The normalized spacial score (nSPS) is 14.0. The molecule has 2 N–H and O–H groups in total. The number of aromatic nitrogens is 1. The predicted molar refractivity (Wildman–Crippen MR) is 142 cm³/mol. The Morgan fingerprint density at radius 1 is 1.03 bits per heavy atom. The molecule has 0 saturated carbocycles. The number of nitrogens with zero attached hydrogens (tertiary/aromatic N) is 4. The number of carbonyl (C=O) groups is 1. The Kier molecular flexibility index (Phi) is 11.3. The van der Waals surface area contributed by atoms with Crippen molar-refractivity contribution in [2.45, 2.75) is 33.2 Å². The van der Waals surface area contributed by atoms with Gasteiger partial charge in [-0.2, -0.15) is 0 Å². The van der Waals surface area contributed by atoms with Gasteiger partial charge in [-0.25, -0.2) is 9.98 Å². The van der Waals surface area contributed by atoms with Crippen molar-refractivity contribution in [2.24, 2.45) is 4.99 Å². The summed E-state index contributed by atoms with van der Waals surface area (Å²) in [5.41, 5.74) is 1.79. The molecule has 1 saturated heterocycles. The fraction of sp³-hybridized carbons (Fsp3) is 0.458. The average molecular weight is 550 g/mol. The molecule has 1 fully saturated rings. The molecule has 1 amide bonds. The molecule has 0 atom stereocenters. The molecule has 0 radical (unpaired) electrons. The van der Waals surface area contributed by atoms with Crippen LogP contribution in [0.5, 0.6) is 0 Å². The highest BCUT2D eigenvalue weighted by Crippen LogP contribution is 2.13. The van der Waals surface area contributed by atoms with Crippen molar-refractivity contribution in [3.05, 3.63) is 59.8 Å². The molecule has 174 valence electrons. The minimum Gasteiger partial charge on any atom is -0.357 e. The fourth-order valence-corrected chi connectivity index (χ4v) is 3.52. The smallest absolute Gasteiger partial charge is 0.251 e. The zero-order valence-electron chi connectivity index (χ0n) is 19.1. The van der Waals surface area contributed by atoms with E-state index >= 15 is 0 Å². The number of guanidine groups is 1. The van der Waals surface area contributed by atoms with Gasteiger partial charge in [0.15, 0.2) is 5.96 Å². The van der Waals surface area contributed by atoms with Crippen LogP contribution < -0.4 is 15.5 Å². The Balaban J connectivity index is 0.00000363. The molecule has 2 aromatic rings. The van der Waals surface area contributed by atoms with Crippen molar-refractivity contribution < 1.29 is 4.79 Å². The topological polar surface area (TPSA) is 72.9 Å². The highest BCUT2D eigenvalue weighted by atomic mass is 127. The van der Waals surface area contributed by atoms with Crippen LogP contribution in [-0.4, -0.2) is 61.0 Å². The predicted octanol–water partition coefficient (Wildman–Crippen LogP) is 3.52. The molecule has 1 aliphatic heterocycles. The van der Waals surface area contributed by atoms with Gasteiger partial charge >= 0.3 is 0 Å². The lowest BCUT2D eigenvalue weighted by Crippen LogP contribution is -2.52. The van der Waals surface area contributed by atoms with Crippen LogP contribution in [0, 0.1) is 0 Å². The van der Waals surface area contributed by atoms with Crippen LogP contribution in [-0.2, 0) is 6.54 Å². The Morgan fingerprint density at radius 3 is 2.41 bits per heavy atom. The first-order chi connectivity index (χ1) is 15.2. The standard InChI is InChI=1S/C24H34N6O.HI/c1-3-5-13-27-23(31)21-11-9-20(10-12-21)19-28-24(25-4-2)30-17-15-29(16-18-30)22-8-6-7-14-26-22;/h6-12,14H,3-5,13,15-19H2,1-2H3,(H,25,28)(H,27,31);1H. The number of unbranched alkanes of at least 4 members (excludes halogenated alkanes) is 1. The van der Waals surface area contributed by atoms with Crippen LogP contribution in [0.1, 0.15) is 42.6 Å². The Bertz CT molecular complexity index is 835. The van der Waals surface area contributed by atoms with E-state index in [9.17, 15) is 4.79 Å². The molecule has 1 aliphatic rings. The number of nitrogens with one attached hydrogen (secondary N) is 2. The van der Waals surface area contributed by atoms with Crippen molar-refractivity contribution in [1.82, 2.24) is 20.5 Å². The maximum absolute atomic E-state index is 12.2. The number of hydrogen-bond donors (Lipinski definition) is 2. The summed E-state index contributed by atoms with van der Waals surface area (Å²) in [7, 11) is 0. The summed E-state index contributed by atoms with van der Waals surface area (Å²) < 4.78 is 0. The Morgan fingerprint density at radius 2 is 1.78 bits per heavy atom. The van der Waals surface area contributed by atoms with Gasteiger partial charge in [0.25, 0.3) is 5.91 Å². The van der Waals surface area contributed by atoms with E-state index in [0.29, 0.717) is 12.1 Å². The summed E-state index contributed by atoms with van der Waals surface area (Å²) in [4.78, 5) is 26.1. The van der Waals surface area contributed by atoms with E-state index in [-0.39, 0.29) is 29.9 Å². The molecule has 0 bridgehead atoms. The number of carbonyl (C=O) groups excluding carboxylic acids is 1. The van der Waals surface area contributed by atoms with Crippen LogP contribution >= 0.6 is 24.0 Å². The second-order valence-electron chi connectivity index (χ2n) is 7.64. The number of rotatable bonds is 8. The summed E-state index contributed by atoms with van der Waals surface area (Å²) in [5, 5.41) is 6.37. The van der Waals surface area contributed by atoms with Gasteiger partial charge < -0.3 is 20.4 Å². The van der Waals surface area contributed by atoms with E-state index in [0.717, 1.165) is 69.5 Å². The minimum absolute atomic E-state index is 0. The molecule has 0 unspecified atom stereocenters. The summed E-state index contributed by atoms with van der Waals surface area (Å²) in [6, 6.07) is 13.8. The van der Waals surface area contributed by atoms with Gasteiger partial charge in [0, 0.05) is 51.0 Å². The van der Waals surface area contributed by atoms with E-state index in [2.05, 4.69) is 45.3 Å². The van der Waals surface area contributed by atoms with Crippen molar-refractivity contribution in [1.29, 1.82) is 0 Å². The monoisotopic (exact) mass is 550 g/mol. The first-order valence-electron chi connectivity index (χ1n) is 11.3. The summed E-state index contributed by atoms with van der Waals surface area (Å²) in [6.07, 6.45) is 3.92. The number of halogens is 1. The molecule has 0 spiro atoms. The molecule has 1 aromatic carbocycles. The average Bonchev–Trinajstić information content (AvgIpc) is 2.83. The van der Waals surface area contributed by atoms with Crippen LogP contribution in [0.3, 0.4) is 0 Å². The van der Waals surface area contributed by atoms with Crippen molar-refractivity contribution in [3.63, 3.8) is 0 Å². The summed E-state index contributed by atoms with van der Waals surface area (Å²) >= 11 is 0. The summed E-state index contributed by atoms with van der Waals surface area (Å²) in [5.74, 6) is 1.95. The molecular formula is C24H35IN6O. The molecule has 7 nitrogen and oxygen atoms in total. The van der Waals surface area contributed by atoms with E-state index in [4.69, 9.17) is 4.99 Å². The maximum atomic E-state index is 12.2. The van der Waals surface area contributed by atoms with Crippen LogP contribution in [0.25, 0.3) is 0 Å². The number of piperazine rings is 1. The van der Waals surface area contributed by atoms with Gasteiger partial charge in [0.1, 0.15) is 5.82 Å². The quantitative estimate of drug-likeness (QED) is 0.228. The van der Waals surface area contributed by atoms with Gasteiger partial charge in [-0.05, 0) is 43.2 Å². The van der Waals surface area contributed by atoms with Crippen molar-refractivity contribution in [2.75, 3.05) is 44.2 Å². The first-order valence-corrected chi connectivity index (χ1v) is 11.3. The van der Waals surface area contributed by atoms with Crippen LogP contribution in [0.2, 0.25) is 0 Å². The molecule has 8 heteroatoms. The van der Waals surface area contributed by atoms with Gasteiger partial charge in [-0.1, -0.05) is 31.5 Å². The third-order valence-corrected chi connectivity index (χ3v) is 5.33. The zero-order valence-corrected chi connectivity index (χ0v) is 21.4. The van der Waals surface area contributed by atoms with E-state index < -0.39 is 0 Å². The van der Waals surface area contributed by atoms with Crippen LogP contribution in [0.4, 0.5) is 5.82 Å². The highest BCUT2D eigenvalue weighted by molar-refractivity contribution is 14.0. The number of anilines is 1. The van der Waals surface area contributed by atoms with Gasteiger partial charge in [-0.15, -0.1) is 24.0 Å². The van der Waals surface area contributed by atoms with Crippen molar-refractivity contribution >= 4 is 41.7 Å². The lowest BCUT2D eigenvalue weighted by Gasteiger charge is -2.37. The van der Waals surface area contributed by atoms with Gasteiger partial charge in [0.2, 0.25) is 0 Å². The Hall–Kier alpha value is -2.36. The van der Waals surface area contributed by atoms with E-state index in [1.54, 1.807) is 0 Å². The lowest BCUT2D eigenvalue weighted by atomic mass is 10.1. The largest absolute Gasteiger partial charge is 0.357 e. The van der Waals surface area contributed by atoms with Gasteiger partial charge in [0.05, 0.1) is 6.54 Å². The lowest BCUT2D eigenvalue weighted by molar-refractivity contribution is 0.0953. The summed E-state index contributed by atoms with van der Waals surface area (Å²) in [6.45, 7) is 9.98. The second kappa shape index (κ2) is 13.9. The highest BCUT2D eigenvalue weighted by Gasteiger charge is 2.20. The molecule has 1 aromatic heterocycles. The molecule has 2 heterocycles. The van der Waals surface area contributed by atoms with Gasteiger partial charge in [-0.3, -0.25) is 4.79 Å². The third-order valence-electron chi connectivity index (χ3n) is 5.33. The van der Waals surface area contributed by atoms with Crippen LogP contribution in [0.15, 0.2) is 53.7 Å². The molecule has 0 aliphatic carbocycles. The number of benzene rings is 1. The molecular weight excluding hydrogens is 515 g/mol. The van der Waals surface area contributed by atoms with Crippen molar-refractivity contribution in [3.8, 4) is 0 Å². The minimum atomic E-state index is -0.0115. The second-order valence-corrected chi connectivity index (χ2v) is 7.64. The van der Waals surface area contributed by atoms with E-state index in [1.165, 1.54) is 0 Å². The molecule has 3 rings (SSSR count). The molecule has 32 heavy (non-hydrogen) atoms. The zero-order chi connectivity index (χ0) is 21.9. The number of aliphatic imine (C=N–C) groups is 1.